The molecule has 16 heteroatoms. The van der Waals surface area contributed by atoms with Gasteiger partial charge in [-0.15, -0.1) is 10.2 Å². The average Bonchev–Trinajstić information content (AvgIpc) is 3.73. The number of ether oxygens (including phenoxy) is 1. The molecule has 0 bridgehead atoms. The quantitative estimate of drug-likeness (QED) is 0.239. The summed E-state index contributed by atoms with van der Waals surface area (Å²) in [5, 5.41) is 25.1. The van der Waals surface area contributed by atoms with Crippen molar-refractivity contribution in [1.29, 1.82) is 0 Å². The van der Waals surface area contributed by atoms with Crippen LogP contribution >= 0.6 is 0 Å². The summed E-state index contributed by atoms with van der Waals surface area (Å²) in [4.78, 5) is 31.1. The molecule has 0 spiro atoms. The van der Waals surface area contributed by atoms with Crippen LogP contribution in [0.2, 0.25) is 0 Å². The number of rotatable bonds is 8. The first kappa shape index (κ1) is 34.7. The number of amides is 1. The van der Waals surface area contributed by atoms with Gasteiger partial charge in [0.25, 0.3) is 12.3 Å². The van der Waals surface area contributed by atoms with E-state index in [9.17, 15) is 23.1 Å². The summed E-state index contributed by atoms with van der Waals surface area (Å²) in [5.74, 6) is -0.753. The fourth-order valence-electron chi connectivity index (χ4n) is 8.75. The van der Waals surface area contributed by atoms with E-state index in [-0.39, 0.29) is 54.9 Å². The van der Waals surface area contributed by atoms with E-state index in [1.807, 2.05) is 18.2 Å². The number of piperazine rings is 1. The Morgan fingerprint density at radius 3 is 2.61 bits per heavy atom. The maximum Gasteiger partial charge on any atom is 0.263 e. The minimum atomic E-state index is -2.73. The Balaban J connectivity index is 0.847. The smallest absolute Gasteiger partial charge is 0.263 e. The zero-order valence-corrected chi connectivity index (χ0v) is 29.5. The molecule has 1 amide bonds. The van der Waals surface area contributed by atoms with E-state index in [1.165, 1.54) is 24.4 Å². The number of carbonyl (C=O) groups is 1. The van der Waals surface area contributed by atoms with Gasteiger partial charge in [-0.05, 0) is 50.1 Å². The lowest BCUT2D eigenvalue weighted by molar-refractivity contribution is -0.0117. The molecule has 3 N–H and O–H groups in total. The maximum absolute atomic E-state index is 14.9. The zero-order chi connectivity index (χ0) is 37.0. The maximum atomic E-state index is 14.9. The fourth-order valence-corrected chi connectivity index (χ4v) is 8.75. The van der Waals surface area contributed by atoms with Crippen molar-refractivity contribution in [3.63, 3.8) is 0 Å². The molecule has 13 nitrogen and oxygen atoms in total. The predicted octanol–water partition coefficient (Wildman–Crippen LogP) is 4.24. The van der Waals surface area contributed by atoms with Crippen LogP contribution in [0.4, 0.5) is 24.7 Å². The molecule has 5 aliphatic heterocycles. The highest BCUT2D eigenvalue weighted by Crippen LogP contribution is 2.46. The van der Waals surface area contributed by atoms with Crippen LogP contribution in [0, 0.1) is 5.82 Å². The van der Waals surface area contributed by atoms with E-state index in [1.54, 1.807) is 11.1 Å². The average molecular weight is 743 g/mol. The van der Waals surface area contributed by atoms with Crippen LogP contribution in [-0.2, 0) is 6.54 Å². The van der Waals surface area contributed by atoms with Crippen LogP contribution in [0.15, 0.2) is 60.9 Å². The molecule has 2 aromatic carbocycles. The number of carbonyl (C=O) groups excluding carboxylic acids is 1. The van der Waals surface area contributed by atoms with Crippen molar-refractivity contribution >= 4 is 17.4 Å². The molecule has 0 aliphatic carbocycles. The van der Waals surface area contributed by atoms with Gasteiger partial charge in [0.1, 0.15) is 17.8 Å². The van der Waals surface area contributed by atoms with Crippen LogP contribution in [0.3, 0.4) is 0 Å². The topological polar surface area (TPSA) is 135 Å². The number of anilines is 2. The van der Waals surface area contributed by atoms with Crippen LogP contribution in [-0.4, -0.2) is 116 Å². The second-order valence-electron chi connectivity index (χ2n) is 14.7. The molecule has 0 saturated carbocycles. The molecule has 9 rings (SSSR count). The third-order valence-corrected chi connectivity index (χ3v) is 11.5. The summed E-state index contributed by atoms with van der Waals surface area (Å²) < 4.78 is 50.0. The number of halogens is 3. The third kappa shape index (κ3) is 6.05. The highest BCUT2D eigenvalue weighted by atomic mass is 19.3. The Morgan fingerprint density at radius 2 is 1.83 bits per heavy atom. The Bertz CT molecular complexity index is 2030. The number of hydrogen-bond donors (Lipinski definition) is 3. The molecule has 3 saturated heterocycles. The lowest BCUT2D eigenvalue weighted by atomic mass is 9.93. The second-order valence-corrected chi connectivity index (χ2v) is 14.7. The van der Waals surface area contributed by atoms with Gasteiger partial charge in [-0.2, -0.15) is 0 Å². The van der Waals surface area contributed by atoms with Crippen molar-refractivity contribution in [2.24, 2.45) is 0 Å². The molecule has 282 valence electrons. The number of aromatic nitrogens is 4. The fraction of sp³-hybridized carbons (Fsp3) is 0.447. The predicted molar refractivity (Wildman–Crippen MR) is 193 cm³/mol. The van der Waals surface area contributed by atoms with E-state index < -0.39 is 29.6 Å². The van der Waals surface area contributed by atoms with Gasteiger partial charge >= 0.3 is 0 Å². The van der Waals surface area contributed by atoms with E-state index in [4.69, 9.17) is 4.74 Å². The van der Waals surface area contributed by atoms with Crippen molar-refractivity contribution in [3.05, 3.63) is 83.6 Å². The molecule has 5 aliphatic rings. The van der Waals surface area contributed by atoms with Crippen LogP contribution < -0.4 is 20.3 Å². The largest absolute Gasteiger partial charge is 0.504 e. The molecular weight excluding hydrogens is 701 g/mol. The van der Waals surface area contributed by atoms with Crippen molar-refractivity contribution in [2.75, 3.05) is 56.0 Å². The SMILES string of the molecule is O=C1c2ccccc2C(N2CCN(Cc3cnc(O[C@H]4CN5c6cc(-c7cccc(F)c7O)nnc6NC[C@]5(C(F)F)C4)cn3)CC2)N1C1CCCCN1. The highest BCUT2D eigenvalue weighted by molar-refractivity contribution is 5.99. The first-order valence-electron chi connectivity index (χ1n) is 18.5. The van der Waals surface area contributed by atoms with Gasteiger partial charge in [0, 0.05) is 62.4 Å². The molecule has 4 atom stereocenters. The minimum Gasteiger partial charge on any atom is -0.504 e. The molecule has 54 heavy (non-hydrogen) atoms. The number of hydrogen-bond acceptors (Lipinski definition) is 12. The number of benzene rings is 2. The second kappa shape index (κ2) is 14.0. The van der Waals surface area contributed by atoms with Crippen molar-refractivity contribution in [2.45, 2.75) is 62.6 Å². The van der Waals surface area contributed by atoms with E-state index in [2.05, 4.69) is 51.6 Å². The van der Waals surface area contributed by atoms with Gasteiger partial charge in [-0.1, -0.05) is 24.3 Å². The number of aromatic hydroxyl groups is 1. The lowest BCUT2D eigenvalue weighted by Crippen LogP contribution is -2.57. The lowest BCUT2D eigenvalue weighted by Gasteiger charge is -2.44. The first-order valence-corrected chi connectivity index (χ1v) is 18.5. The van der Waals surface area contributed by atoms with E-state index in [0.29, 0.717) is 18.1 Å². The number of alkyl halides is 2. The summed E-state index contributed by atoms with van der Waals surface area (Å²) in [5.41, 5.74) is 1.67. The van der Waals surface area contributed by atoms with Crippen LogP contribution in [0.25, 0.3) is 11.3 Å². The summed E-state index contributed by atoms with van der Waals surface area (Å²) in [6, 6.07) is 13.5. The monoisotopic (exact) mass is 742 g/mol. The van der Waals surface area contributed by atoms with Gasteiger partial charge in [-0.3, -0.25) is 24.9 Å². The van der Waals surface area contributed by atoms with Crippen molar-refractivity contribution in [3.8, 4) is 22.9 Å². The van der Waals surface area contributed by atoms with E-state index >= 15 is 0 Å². The first-order chi connectivity index (χ1) is 26.3. The molecule has 7 heterocycles. The number of fused-ring (bicyclic) bond motifs is 4. The van der Waals surface area contributed by atoms with E-state index in [0.717, 1.165) is 74.9 Å². The van der Waals surface area contributed by atoms with Crippen molar-refractivity contribution in [1.82, 2.24) is 40.2 Å². The molecular formula is C38H41F3N10O3. The van der Waals surface area contributed by atoms with Crippen molar-refractivity contribution < 1.29 is 27.8 Å². The number of para-hydroxylation sites is 1. The zero-order valence-electron chi connectivity index (χ0n) is 29.5. The number of phenols is 1. The number of nitrogens with one attached hydrogen (secondary N) is 2. The van der Waals surface area contributed by atoms with Crippen LogP contribution in [0.5, 0.6) is 11.6 Å². The summed E-state index contributed by atoms with van der Waals surface area (Å²) in [6.07, 6.45) is 2.98. The summed E-state index contributed by atoms with van der Waals surface area (Å²) >= 11 is 0. The highest BCUT2D eigenvalue weighted by Gasteiger charge is 2.56. The summed E-state index contributed by atoms with van der Waals surface area (Å²) in [6.45, 7) is 4.74. The summed E-state index contributed by atoms with van der Waals surface area (Å²) in [7, 11) is 0. The van der Waals surface area contributed by atoms with Crippen LogP contribution in [0.1, 0.15) is 53.5 Å². The molecule has 4 aromatic rings. The van der Waals surface area contributed by atoms with Gasteiger partial charge in [0.15, 0.2) is 17.4 Å². The Morgan fingerprint density at radius 1 is 1.00 bits per heavy atom. The number of phenolic OH excluding ortho intramolecular Hbond substituents is 1. The number of nitrogens with zero attached hydrogens (tertiary/aromatic N) is 8. The normalized spacial score (nSPS) is 25.7. The number of piperidine rings is 1. The third-order valence-electron chi connectivity index (χ3n) is 11.5. The van der Waals surface area contributed by atoms with Gasteiger partial charge in [0.05, 0.1) is 42.2 Å². The Labute approximate surface area is 310 Å². The molecule has 2 aromatic heterocycles. The minimum absolute atomic E-state index is 0.0129. The Kier molecular flexibility index (Phi) is 8.98. The van der Waals surface area contributed by atoms with Gasteiger partial charge in [-0.25, -0.2) is 18.2 Å². The van der Waals surface area contributed by atoms with Gasteiger partial charge in [0.2, 0.25) is 5.88 Å². The molecule has 2 unspecified atom stereocenters. The molecule has 3 fully saturated rings. The Hall–Kier alpha value is -5.06. The standard InChI is InChI=1S/C38H41F3N10O3/c39-28-9-5-8-27(33(28)52)29-16-30-34(47-46-29)45-22-38(37(40)41)17-24(21-50(30)38)54-32-19-43-23(18-44-32)20-48-12-14-49(15-13-48)35-25-6-1-2-7-26(25)36(53)51(35)31-10-3-4-11-42-31/h1-2,5-9,16,18-19,24,31,35,37,42,52H,3-4,10-15,17,20-22H2,(H,45,47)/t24-,31?,35?,38+/m1/s1. The van der Waals surface area contributed by atoms with Gasteiger partial charge < -0.3 is 25.0 Å². The molecule has 0 radical (unpaired) electrons.